The van der Waals surface area contributed by atoms with Crippen molar-refractivity contribution in [1.82, 2.24) is 14.9 Å². The van der Waals surface area contributed by atoms with Crippen LogP contribution < -0.4 is 4.90 Å². The van der Waals surface area contributed by atoms with E-state index < -0.39 is 0 Å². The lowest BCUT2D eigenvalue weighted by Gasteiger charge is -2.35. The summed E-state index contributed by atoms with van der Waals surface area (Å²) in [6.07, 6.45) is 0. The largest absolute Gasteiger partial charge is 0.508 e. The number of piperazine rings is 1. The molecule has 2 heterocycles. The molecule has 0 atom stereocenters. The molecule has 2 aromatic carbocycles. The van der Waals surface area contributed by atoms with Gasteiger partial charge in [-0.2, -0.15) is 0 Å². The molecule has 0 spiro atoms. The number of fused-ring (bicyclic) bond motifs is 1. The Bertz CT molecular complexity index is 871. The third kappa shape index (κ3) is 3.42. The van der Waals surface area contributed by atoms with Crippen molar-refractivity contribution in [1.29, 1.82) is 0 Å². The maximum absolute atomic E-state index is 9.42. The number of hydrogen-bond donors (Lipinski definition) is 1. The Labute approximate surface area is 147 Å². The fourth-order valence-electron chi connectivity index (χ4n) is 3.39. The van der Waals surface area contributed by atoms with Gasteiger partial charge in [0.1, 0.15) is 11.6 Å². The average molecular weight is 334 g/mol. The number of rotatable bonds is 3. The van der Waals surface area contributed by atoms with Gasteiger partial charge in [0, 0.05) is 42.9 Å². The van der Waals surface area contributed by atoms with Crippen molar-refractivity contribution in [2.24, 2.45) is 0 Å². The molecule has 1 aliphatic heterocycles. The zero-order valence-corrected chi connectivity index (χ0v) is 14.4. The predicted molar refractivity (Wildman–Crippen MR) is 99.9 cm³/mol. The van der Waals surface area contributed by atoms with Crippen molar-refractivity contribution in [3.05, 3.63) is 60.0 Å². The molecule has 4 rings (SSSR count). The number of aromatic nitrogens is 2. The van der Waals surface area contributed by atoms with E-state index >= 15 is 0 Å². The van der Waals surface area contributed by atoms with Crippen LogP contribution in [0.3, 0.4) is 0 Å². The van der Waals surface area contributed by atoms with E-state index in [9.17, 15) is 5.11 Å². The van der Waals surface area contributed by atoms with Crippen LogP contribution in [0.15, 0.2) is 48.5 Å². The molecular formula is C20H22N4O. The first-order valence-corrected chi connectivity index (χ1v) is 8.68. The summed E-state index contributed by atoms with van der Waals surface area (Å²) in [5, 5.41) is 10.5. The molecule has 1 aromatic heterocycles. The highest BCUT2D eigenvalue weighted by Gasteiger charge is 2.18. The van der Waals surface area contributed by atoms with Gasteiger partial charge in [-0.1, -0.05) is 18.2 Å². The third-order valence-corrected chi connectivity index (χ3v) is 4.79. The predicted octanol–water partition coefficient (Wildman–Crippen LogP) is 2.97. The summed E-state index contributed by atoms with van der Waals surface area (Å²) in [6, 6.07) is 15.6. The van der Waals surface area contributed by atoms with Gasteiger partial charge in [0.15, 0.2) is 0 Å². The molecule has 0 aliphatic carbocycles. The van der Waals surface area contributed by atoms with Gasteiger partial charge in [0.25, 0.3) is 0 Å². The lowest BCUT2D eigenvalue weighted by Crippen LogP contribution is -2.46. The first kappa shape index (κ1) is 15.8. The van der Waals surface area contributed by atoms with Crippen molar-refractivity contribution in [2.45, 2.75) is 13.5 Å². The van der Waals surface area contributed by atoms with Gasteiger partial charge >= 0.3 is 0 Å². The van der Waals surface area contributed by atoms with Crippen LogP contribution in [0.1, 0.15) is 11.5 Å². The van der Waals surface area contributed by atoms with Gasteiger partial charge in [-0.25, -0.2) is 9.97 Å². The smallest absolute Gasteiger partial charge is 0.143 e. The summed E-state index contributed by atoms with van der Waals surface area (Å²) in [5.41, 5.74) is 3.23. The highest BCUT2D eigenvalue weighted by atomic mass is 16.3. The van der Waals surface area contributed by atoms with Crippen LogP contribution in [0.4, 0.5) is 5.69 Å². The van der Waals surface area contributed by atoms with Crippen LogP contribution in [0.25, 0.3) is 10.9 Å². The monoisotopic (exact) mass is 334 g/mol. The van der Waals surface area contributed by atoms with Gasteiger partial charge < -0.3 is 10.0 Å². The standard InChI is InChI=1S/C20H22N4O/c1-15-18-4-2-3-5-19(18)22-20(21-15)14-23-10-12-24(13-11-23)16-6-8-17(25)9-7-16/h2-9,25H,10-14H2,1H3. The number of phenolic OH excluding ortho intramolecular Hbond substituents is 1. The molecule has 0 radical (unpaired) electrons. The number of aromatic hydroxyl groups is 1. The molecule has 128 valence electrons. The van der Waals surface area contributed by atoms with Crippen LogP contribution >= 0.6 is 0 Å². The lowest BCUT2D eigenvalue weighted by atomic mass is 10.2. The van der Waals surface area contributed by atoms with Crippen LogP contribution in [-0.4, -0.2) is 46.2 Å². The maximum Gasteiger partial charge on any atom is 0.143 e. The maximum atomic E-state index is 9.42. The van der Waals surface area contributed by atoms with Gasteiger partial charge in [-0.15, -0.1) is 0 Å². The Balaban J connectivity index is 1.42. The molecule has 3 aromatic rings. The molecule has 1 N–H and O–H groups in total. The molecule has 0 amide bonds. The highest BCUT2D eigenvalue weighted by Crippen LogP contribution is 2.20. The van der Waals surface area contributed by atoms with Gasteiger partial charge in [0.05, 0.1) is 12.1 Å². The van der Waals surface area contributed by atoms with E-state index in [1.54, 1.807) is 12.1 Å². The molecule has 5 heteroatoms. The van der Waals surface area contributed by atoms with E-state index in [0.29, 0.717) is 5.75 Å². The number of para-hydroxylation sites is 1. The Morgan fingerprint density at radius 3 is 2.40 bits per heavy atom. The van der Waals surface area contributed by atoms with Crippen molar-refractivity contribution in [3.63, 3.8) is 0 Å². The van der Waals surface area contributed by atoms with E-state index in [1.165, 1.54) is 0 Å². The Hall–Kier alpha value is -2.66. The van der Waals surface area contributed by atoms with E-state index in [2.05, 4.69) is 33.8 Å². The second-order valence-corrected chi connectivity index (χ2v) is 6.52. The molecule has 1 fully saturated rings. The zero-order chi connectivity index (χ0) is 17.2. The molecule has 5 nitrogen and oxygen atoms in total. The molecular weight excluding hydrogens is 312 g/mol. The van der Waals surface area contributed by atoms with Crippen molar-refractivity contribution < 1.29 is 5.11 Å². The van der Waals surface area contributed by atoms with Gasteiger partial charge in [-0.3, -0.25) is 4.90 Å². The third-order valence-electron chi connectivity index (χ3n) is 4.79. The summed E-state index contributed by atoms with van der Waals surface area (Å²) < 4.78 is 0. The Morgan fingerprint density at radius 2 is 1.64 bits per heavy atom. The van der Waals surface area contributed by atoms with Crippen LogP contribution in [0.5, 0.6) is 5.75 Å². The molecule has 1 saturated heterocycles. The molecule has 1 aliphatic rings. The van der Waals surface area contributed by atoms with Crippen LogP contribution in [-0.2, 0) is 6.54 Å². The number of anilines is 1. The summed E-state index contributed by atoms with van der Waals surface area (Å²) in [5.74, 6) is 1.21. The number of phenols is 1. The molecule has 25 heavy (non-hydrogen) atoms. The van der Waals surface area contributed by atoms with Crippen LogP contribution in [0.2, 0.25) is 0 Å². The topological polar surface area (TPSA) is 52.5 Å². The number of nitrogens with zero attached hydrogens (tertiary/aromatic N) is 4. The zero-order valence-electron chi connectivity index (χ0n) is 14.4. The summed E-state index contributed by atoms with van der Waals surface area (Å²) >= 11 is 0. The van der Waals surface area contributed by atoms with Crippen molar-refractivity contribution in [2.75, 3.05) is 31.1 Å². The van der Waals surface area contributed by atoms with Crippen molar-refractivity contribution in [3.8, 4) is 5.75 Å². The number of aryl methyl sites for hydroxylation is 1. The minimum Gasteiger partial charge on any atom is -0.508 e. The van der Waals surface area contributed by atoms with Crippen LogP contribution in [0, 0.1) is 6.92 Å². The molecule has 0 bridgehead atoms. The number of hydrogen-bond acceptors (Lipinski definition) is 5. The van der Waals surface area contributed by atoms with Gasteiger partial charge in [-0.05, 0) is 37.3 Å². The summed E-state index contributed by atoms with van der Waals surface area (Å²) in [4.78, 5) is 14.2. The summed E-state index contributed by atoms with van der Waals surface area (Å²) in [7, 11) is 0. The fraction of sp³-hybridized carbons (Fsp3) is 0.300. The highest BCUT2D eigenvalue weighted by molar-refractivity contribution is 5.80. The fourth-order valence-corrected chi connectivity index (χ4v) is 3.39. The normalized spacial score (nSPS) is 15.6. The lowest BCUT2D eigenvalue weighted by molar-refractivity contribution is 0.244. The number of benzene rings is 2. The Morgan fingerprint density at radius 1 is 0.920 bits per heavy atom. The van der Waals surface area contributed by atoms with Crippen molar-refractivity contribution >= 4 is 16.6 Å². The summed E-state index contributed by atoms with van der Waals surface area (Å²) in [6.45, 7) is 6.74. The second-order valence-electron chi connectivity index (χ2n) is 6.52. The quantitative estimate of drug-likeness (QED) is 0.798. The minimum atomic E-state index is 0.311. The SMILES string of the molecule is Cc1nc(CN2CCN(c3ccc(O)cc3)CC2)nc2ccccc12. The van der Waals surface area contributed by atoms with Gasteiger partial charge in [0.2, 0.25) is 0 Å². The minimum absolute atomic E-state index is 0.311. The van der Waals surface area contributed by atoms with E-state index in [4.69, 9.17) is 4.98 Å². The average Bonchev–Trinajstić information content (AvgIpc) is 2.63. The first-order chi connectivity index (χ1) is 12.2. The van der Waals surface area contributed by atoms with E-state index in [0.717, 1.165) is 60.8 Å². The molecule has 0 unspecified atom stereocenters. The van der Waals surface area contributed by atoms with E-state index in [1.807, 2.05) is 24.3 Å². The molecule has 0 saturated carbocycles. The second kappa shape index (κ2) is 6.69. The van der Waals surface area contributed by atoms with E-state index in [-0.39, 0.29) is 0 Å². The first-order valence-electron chi connectivity index (χ1n) is 8.68. The Kier molecular flexibility index (Phi) is 4.24.